The Balaban J connectivity index is 1.16. The Hall–Kier alpha value is -1.84. The summed E-state index contributed by atoms with van der Waals surface area (Å²) < 4.78 is 0. The zero-order chi connectivity index (χ0) is 18.8. The van der Waals surface area contributed by atoms with E-state index in [0.717, 1.165) is 38.8 Å². The number of fused-ring (bicyclic) bond motifs is 1. The molecule has 0 amide bonds. The lowest BCUT2D eigenvalue weighted by Gasteiger charge is -2.36. The van der Waals surface area contributed by atoms with Crippen LogP contribution in [-0.2, 0) is 6.54 Å². The van der Waals surface area contributed by atoms with Crippen LogP contribution in [-0.4, -0.2) is 48.6 Å². The molecule has 28 heavy (non-hydrogen) atoms. The standard InChI is InChI=1S/C25H33N3/c1-2-6-23(7-3-1)27-18-16-26(17-19-27)20-21-9-11-22(12-10-21)25-14-13-24-8-4-5-15-28(24)25/h1-3,6-7,9-12,24-25H,4-5,8,13-20H2/t24?,25-/m0/s1. The van der Waals surface area contributed by atoms with Crippen molar-refractivity contribution >= 4 is 5.69 Å². The minimum absolute atomic E-state index is 0.675. The Kier molecular flexibility index (Phi) is 5.37. The minimum Gasteiger partial charge on any atom is -0.369 e. The third kappa shape index (κ3) is 3.83. The van der Waals surface area contributed by atoms with Gasteiger partial charge in [-0.2, -0.15) is 0 Å². The van der Waals surface area contributed by atoms with Crippen LogP contribution >= 0.6 is 0 Å². The molecular formula is C25H33N3. The highest BCUT2D eigenvalue weighted by molar-refractivity contribution is 5.46. The van der Waals surface area contributed by atoms with Crippen LogP contribution < -0.4 is 4.90 Å². The molecule has 3 saturated heterocycles. The van der Waals surface area contributed by atoms with E-state index in [4.69, 9.17) is 0 Å². The number of para-hydroxylation sites is 1. The van der Waals surface area contributed by atoms with Gasteiger partial charge in [-0.1, -0.05) is 48.9 Å². The molecule has 1 unspecified atom stereocenters. The molecule has 2 atom stereocenters. The van der Waals surface area contributed by atoms with Crippen LogP contribution in [0.2, 0.25) is 0 Å². The molecule has 0 radical (unpaired) electrons. The predicted octanol–water partition coefficient (Wildman–Crippen LogP) is 4.70. The van der Waals surface area contributed by atoms with Crippen LogP contribution in [0.4, 0.5) is 5.69 Å². The van der Waals surface area contributed by atoms with E-state index >= 15 is 0 Å². The molecule has 148 valence electrons. The van der Waals surface area contributed by atoms with Gasteiger partial charge in [0, 0.05) is 50.5 Å². The molecule has 5 rings (SSSR count). The summed E-state index contributed by atoms with van der Waals surface area (Å²) in [5.41, 5.74) is 4.37. The van der Waals surface area contributed by atoms with Gasteiger partial charge in [0.05, 0.1) is 0 Å². The monoisotopic (exact) mass is 375 g/mol. The maximum Gasteiger partial charge on any atom is 0.0367 e. The van der Waals surface area contributed by atoms with Gasteiger partial charge in [-0.3, -0.25) is 9.80 Å². The molecule has 2 aromatic rings. The van der Waals surface area contributed by atoms with Crippen molar-refractivity contribution in [1.29, 1.82) is 0 Å². The first-order valence-electron chi connectivity index (χ1n) is 11.2. The van der Waals surface area contributed by atoms with E-state index in [1.807, 2.05) is 0 Å². The topological polar surface area (TPSA) is 9.72 Å². The van der Waals surface area contributed by atoms with Crippen molar-refractivity contribution in [1.82, 2.24) is 9.80 Å². The van der Waals surface area contributed by atoms with Crippen LogP contribution in [0.25, 0.3) is 0 Å². The highest BCUT2D eigenvalue weighted by Gasteiger charge is 2.35. The van der Waals surface area contributed by atoms with Gasteiger partial charge in [-0.05, 0) is 55.5 Å². The number of hydrogen-bond acceptors (Lipinski definition) is 3. The lowest BCUT2D eigenvalue weighted by molar-refractivity contribution is 0.150. The Morgan fingerprint density at radius 3 is 2.29 bits per heavy atom. The third-order valence-corrected chi connectivity index (χ3v) is 7.11. The van der Waals surface area contributed by atoms with Gasteiger partial charge in [-0.15, -0.1) is 0 Å². The van der Waals surface area contributed by atoms with Crippen LogP contribution in [0, 0.1) is 0 Å². The van der Waals surface area contributed by atoms with Crippen molar-refractivity contribution in [3.05, 3.63) is 65.7 Å². The number of nitrogens with zero attached hydrogens (tertiary/aromatic N) is 3. The fourth-order valence-electron chi connectivity index (χ4n) is 5.52. The molecule has 3 nitrogen and oxygen atoms in total. The van der Waals surface area contributed by atoms with E-state index in [-0.39, 0.29) is 0 Å². The highest BCUT2D eigenvalue weighted by atomic mass is 15.3. The molecule has 3 heteroatoms. The summed E-state index contributed by atoms with van der Waals surface area (Å²) in [5.74, 6) is 0. The Bertz CT molecular complexity index is 749. The predicted molar refractivity (Wildman–Crippen MR) is 117 cm³/mol. The van der Waals surface area contributed by atoms with E-state index < -0.39 is 0 Å². The molecule has 0 bridgehead atoms. The smallest absolute Gasteiger partial charge is 0.0367 e. The molecule has 3 heterocycles. The van der Waals surface area contributed by atoms with Crippen molar-refractivity contribution in [2.45, 2.75) is 50.7 Å². The van der Waals surface area contributed by atoms with Crippen molar-refractivity contribution in [3.63, 3.8) is 0 Å². The maximum atomic E-state index is 2.79. The highest BCUT2D eigenvalue weighted by Crippen LogP contribution is 2.40. The number of piperidine rings is 1. The van der Waals surface area contributed by atoms with Crippen molar-refractivity contribution in [3.8, 4) is 0 Å². The van der Waals surface area contributed by atoms with Gasteiger partial charge < -0.3 is 4.90 Å². The Labute approximate surface area is 169 Å². The average Bonchev–Trinajstić information content (AvgIpc) is 3.20. The minimum atomic E-state index is 0.675. The first kappa shape index (κ1) is 18.2. The summed E-state index contributed by atoms with van der Waals surface area (Å²) in [6.07, 6.45) is 7.00. The molecule has 0 N–H and O–H groups in total. The van der Waals surface area contributed by atoms with Gasteiger partial charge in [0.15, 0.2) is 0 Å². The fourth-order valence-corrected chi connectivity index (χ4v) is 5.52. The van der Waals surface area contributed by atoms with E-state index in [2.05, 4.69) is 69.3 Å². The SMILES string of the molecule is c1ccc(N2CCN(Cc3ccc([C@@H]4CCC5CCCCN54)cc3)CC2)cc1. The molecule has 3 aliphatic rings. The molecule has 0 spiro atoms. The van der Waals surface area contributed by atoms with E-state index in [0.29, 0.717) is 6.04 Å². The first-order chi connectivity index (χ1) is 13.9. The van der Waals surface area contributed by atoms with E-state index in [1.54, 1.807) is 5.56 Å². The number of piperazine rings is 1. The zero-order valence-electron chi connectivity index (χ0n) is 17.0. The van der Waals surface area contributed by atoms with Gasteiger partial charge in [-0.25, -0.2) is 0 Å². The maximum absolute atomic E-state index is 2.79. The van der Waals surface area contributed by atoms with Crippen LogP contribution in [0.15, 0.2) is 54.6 Å². The van der Waals surface area contributed by atoms with Crippen molar-refractivity contribution in [2.75, 3.05) is 37.6 Å². The van der Waals surface area contributed by atoms with Gasteiger partial charge in [0.1, 0.15) is 0 Å². The average molecular weight is 376 g/mol. The quantitative estimate of drug-likeness (QED) is 0.767. The molecule has 3 fully saturated rings. The summed E-state index contributed by atoms with van der Waals surface area (Å²) in [6.45, 7) is 6.94. The van der Waals surface area contributed by atoms with E-state index in [9.17, 15) is 0 Å². The number of rotatable bonds is 4. The summed E-state index contributed by atoms with van der Waals surface area (Å²) >= 11 is 0. The molecular weight excluding hydrogens is 342 g/mol. The van der Waals surface area contributed by atoms with E-state index in [1.165, 1.54) is 49.9 Å². The van der Waals surface area contributed by atoms with Crippen molar-refractivity contribution < 1.29 is 0 Å². The molecule has 2 aromatic carbocycles. The van der Waals surface area contributed by atoms with Crippen LogP contribution in [0.1, 0.15) is 49.3 Å². The van der Waals surface area contributed by atoms with Gasteiger partial charge in [0.25, 0.3) is 0 Å². The summed E-state index contributed by atoms with van der Waals surface area (Å²) in [6, 6.07) is 22.0. The second kappa shape index (κ2) is 8.26. The van der Waals surface area contributed by atoms with Crippen LogP contribution in [0.5, 0.6) is 0 Å². The molecule has 0 aliphatic carbocycles. The second-order valence-electron chi connectivity index (χ2n) is 8.82. The van der Waals surface area contributed by atoms with Crippen molar-refractivity contribution in [2.24, 2.45) is 0 Å². The number of benzene rings is 2. The Morgan fingerprint density at radius 1 is 0.714 bits per heavy atom. The van der Waals surface area contributed by atoms with Gasteiger partial charge >= 0.3 is 0 Å². The zero-order valence-corrected chi connectivity index (χ0v) is 17.0. The summed E-state index contributed by atoms with van der Waals surface area (Å²) in [4.78, 5) is 7.90. The Morgan fingerprint density at radius 2 is 1.50 bits per heavy atom. The fraction of sp³-hybridized carbons (Fsp3) is 0.520. The summed E-state index contributed by atoms with van der Waals surface area (Å²) in [7, 11) is 0. The molecule has 3 aliphatic heterocycles. The summed E-state index contributed by atoms with van der Waals surface area (Å²) in [5, 5.41) is 0. The lowest BCUT2D eigenvalue weighted by Crippen LogP contribution is -2.45. The lowest BCUT2D eigenvalue weighted by atomic mass is 10.0. The number of hydrogen-bond donors (Lipinski definition) is 0. The van der Waals surface area contributed by atoms with Crippen LogP contribution in [0.3, 0.4) is 0 Å². The number of anilines is 1. The second-order valence-corrected chi connectivity index (χ2v) is 8.82. The third-order valence-electron chi connectivity index (χ3n) is 7.11. The normalized spacial score (nSPS) is 26.4. The largest absolute Gasteiger partial charge is 0.369 e. The first-order valence-corrected chi connectivity index (χ1v) is 11.2. The molecule has 0 saturated carbocycles. The molecule has 0 aromatic heterocycles. The van der Waals surface area contributed by atoms with Gasteiger partial charge in [0.2, 0.25) is 0 Å².